The van der Waals surface area contributed by atoms with E-state index in [2.05, 4.69) is 27.7 Å². The Morgan fingerprint density at radius 2 is 1.35 bits per heavy atom. The number of Topliss-reactive ketones (excluding diaryl/α,β-unsaturated/α-hetero) is 1. The van der Waals surface area contributed by atoms with Gasteiger partial charge in [-0.2, -0.15) is 0 Å². The van der Waals surface area contributed by atoms with Crippen molar-refractivity contribution in [2.75, 3.05) is 14.2 Å². The number of aliphatic hydroxyl groups excluding tert-OH is 2. The smallest absolute Gasteiger partial charge is 0.311 e. The van der Waals surface area contributed by atoms with Crippen molar-refractivity contribution in [3.05, 3.63) is 0 Å². The molecule has 8 nitrogen and oxygen atoms in total. The van der Waals surface area contributed by atoms with Crippen molar-refractivity contribution in [1.82, 2.24) is 0 Å². The first-order valence-corrected chi connectivity index (χ1v) is 15.4. The largest absolute Gasteiger partial charge is 0.459 e. The number of hydrogen-bond donors (Lipinski definition) is 2. The molecule has 5 unspecified atom stereocenters. The number of esters is 1. The zero-order valence-corrected chi connectivity index (χ0v) is 26.9. The van der Waals surface area contributed by atoms with Gasteiger partial charge >= 0.3 is 5.97 Å². The number of cyclic esters (lactones) is 1. The van der Waals surface area contributed by atoms with Gasteiger partial charge in [0, 0.05) is 32.5 Å². The molecule has 1 aliphatic heterocycles. The van der Waals surface area contributed by atoms with Crippen LogP contribution in [0.4, 0.5) is 0 Å². The standard InChI is InChI=1S/C32H58O8/c1-12-23-18(3)14-32(9,38-11)17-25(23)39-29-20(5)16-31(8,37-10)15-19(4)26(33)21(6)27(34)28(35)24(13-2)40-30(36)22(29)7/h18-25,27-29,34-35H,12-17H2,1-11H3/t18?,19-,20-,21?,22?,23?,24-,25+,27?,28+,29+,31-,32+/m1/s1. The number of hydrogen-bond acceptors (Lipinski definition) is 8. The molecular formula is C32H58O8. The van der Waals surface area contributed by atoms with E-state index in [4.69, 9.17) is 18.9 Å². The molecule has 2 rings (SSSR count). The zero-order chi connectivity index (χ0) is 30.6. The third kappa shape index (κ3) is 8.06. The van der Waals surface area contributed by atoms with Crippen molar-refractivity contribution in [3.63, 3.8) is 0 Å². The molecule has 1 saturated heterocycles. The van der Waals surface area contributed by atoms with E-state index in [-0.39, 0.29) is 23.4 Å². The second-order valence-corrected chi connectivity index (χ2v) is 13.5. The first kappa shape index (κ1) is 35.1. The SMILES string of the molecule is CCC1C(C)C[C@](C)(OC)C[C@@H]1O[C@@H]1C(C)C(=O)O[C@H](CC)[C@H](O)C(O)C(C)C(=O)[C@H](C)C[C@@](C)(OC)C[C@H]1C. The van der Waals surface area contributed by atoms with Gasteiger partial charge in [-0.05, 0) is 64.2 Å². The fourth-order valence-corrected chi connectivity index (χ4v) is 7.50. The van der Waals surface area contributed by atoms with Crippen LogP contribution in [0.5, 0.6) is 0 Å². The zero-order valence-electron chi connectivity index (χ0n) is 26.9. The van der Waals surface area contributed by atoms with Gasteiger partial charge in [-0.15, -0.1) is 0 Å². The Morgan fingerprint density at radius 1 is 0.800 bits per heavy atom. The Hall–Kier alpha value is -1.06. The van der Waals surface area contributed by atoms with Crippen molar-refractivity contribution in [3.8, 4) is 0 Å². The molecule has 0 aromatic carbocycles. The topological polar surface area (TPSA) is 112 Å². The third-order valence-electron chi connectivity index (χ3n) is 10.1. The van der Waals surface area contributed by atoms with E-state index < -0.39 is 53.7 Å². The average molecular weight is 571 g/mol. The summed E-state index contributed by atoms with van der Waals surface area (Å²) in [6.07, 6.45) is -0.309. The van der Waals surface area contributed by atoms with Gasteiger partial charge in [-0.25, -0.2) is 0 Å². The van der Waals surface area contributed by atoms with Gasteiger partial charge in [0.15, 0.2) is 0 Å². The molecule has 13 atom stereocenters. The van der Waals surface area contributed by atoms with Gasteiger partial charge in [-0.1, -0.05) is 48.0 Å². The van der Waals surface area contributed by atoms with Crippen LogP contribution >= 0.6 is 0 Å². The lowest BCUT2D eigenvalue weighted by Crippen LogP contribution is -2.51. The highest BCUT2D eigenvalue weighted by atomic mass is 16.6. The molecule has 2 N–H and O–H groups in total. The maximum Gasteiger partial charge on any atom is 0.311 e. The molecule has 0 aromatic rings. The summed E-state index contributed by atoms with van der Waals surface area (Å²) in [5.74, 6) is -1.87. The molecule has 0 bridgehead atoms. The Labute approximate surface area is 242 Å². The van der Waals surface area contributed by atoms with Crippen molar-refractivity contribution in [2.24, 2.45) is 35.5 Å². The van der Waals surface area contributed by atoms with Crippen LogP contribution in [0.2, 0.25) is 0 Å². The molecule has 0 radical (unpaired) electrons. The number of aliphatic hydroxyl groups is 2. The lowest BCUT2D eigenvalue weighted by Gasteiger charge is -2.47. The summed E-state index contributed by atoms with van der Waals surface area (Å²) in [5.41, 5.74) is -0.977. The summed E-state index contributed by atoms with van der Waals surface area (Å²) in [6.45, 7) is 17.7. The molecule has 0 aromatic heterocycles. The van der Waals surface area contributed by atoms with Crippen molar-refractivity contribution in [1.29, 1.82) is 0 Å². The van der Waals surface area contributed by atoms with Crippen molar-refractivity contribution in [2.45, 2.75) is 143 Å². The number of rotatable bonds is 6. The Bertz CT molecular complexity index is 834. The Kier molecular flexibility index (Phi) is 12.7. The van der Waals surface area contributed by atoms with Crippen LogP contribution in [0, 0.1) is 35.5 Å². The molecule has 2 aliphatic rings. The van der Waals surface area contributed by atoms with E-state index in [0.29, 0.717) is 31.1 Å². The minimum absolute atomic E-state index is 0.103. The Morgan fingerprint density at radius 3 is 1.88 bits per heavy atom. The molecule has 1 saturated carbocycles. The van der Waals surface area contributed by atoms with E-state index in [1.807, 2.05) is 20.8 Å². The van der Waals surface area contributed by atoms with Gasteiger partial charge in [0.05, 0.1) is 35.4 Å². The summed E-state index contributed by atoms with van der Waals surface area (Å²) in [4.78, 5) is 26.9. The van der Waals surface area contributed by atoms with E-state index in [1.54, 1.807) is 28.1 Å². The maximum absolute atomic E-state index is 13.6. The quantitative estimate of drug-likeness (QED) is 0.431. The number of methoxy groups -OCH3 is 2. The van der Waals surface area contributed by atoms with Crippen LogP contribution < -0.4 is 0 Å². The van der Waals surface area contributed by atoms with Crippen LogP contribution in [0.3, 0.4) is 0 Å². The van der Waals surface area contributed by atoms with E-state index >= 15 is 0 Å². The highest BCUT2D eigenvalue weighted by Crippen LogP contribution is 2.43. The van der Waals surface area contributed by atoms with E-state index in [9.17, 15) is 19.8 Å². The highest BCUT2D eigenvalue weighted by molar-refractivity contribution is 5.83. The van der Waals surface area contributed by atoms with Gasteiger partial charge in [0.25, 0.3) is 0 Å². The van der Waals surface area contributed by atoms with Crippen molar-refractivity contribution < 1.29 is 38.7 Å². The van der Waals surface area contributed by atoms with Crippen LogP contribution in [-0.2, 0) is 28.5 Å². The summed E-state index contributed by atoms with van der Waals surface area (Å²) in [6, 6.07) is 0. The van der Waals surface area contributed by atoms with Gasteiger partial charge in [0.1, 0.15) is 18.0 Å². The molecule has 1 heterocycles. The van der Waals surface area contributed by atoms with E-state index in [1.165, 1.54) is 0 Å². The van der Waals surface area contributed by atoms with Gasteiger partial charge < -0.3 is 29.2 Å². The first-order chi connectivity index (χ1) is 18.6. The monoisotopic (exact) mass is 570 g/mol. The lowest BCUT2D eigenvalue weighted by atomic mass is 9.70. The summed E-state index contributed by atoms with van der Waals surface area (Å²) >= 11 is 0. The molecule has 40 heavy (non-hydrogen) atoms. The third-order valence-corrected chi connectivity index (χ3v) is 10.1. The van der Waals surface area contributed by atoms with Gasteiger partial charge in [-0.3, -0.25) is 9.59 Å². The van der Waals surface area contributed by atoms with Crippen molar-refractivity contribution >= 4 is 11.8 Å². The minimum Gasteiger partial charge on any atom is -0.459 e. The van der Waals surface area contributed by atoms with Gasteiger partial charge in [0.2, 0.25) is 0 Å². The number of carbonyl (C=O) groups is 2. The number of ketones is 1. The second-order valence-electron chi connectivity index (χ2n) is 13.5. The van der Waals surface area contributed by atoms with Crippen LogP contribution in [-0.4, -0.2) is 77.9 Å². The molecular weight excluding hydrogens is 512 g/mol. The normalized spacial score (nSPS) is 46.5. The number of ether oxygens (including phenoxy) is 4. The predicted molar refractivity (Wildman–Crippen MR) is 155 cm³/mol. The average Bonchev–Trinajstić information content (AvgIpc) is 2.91. The summed E-state index contributed by atoms with van der Waals surface area (Å²) in [5, 5.41) is 21.9. The number of carbonyl (C=O) groups excluding carboxylic acids is 2. The summed E-state index contributed by atoms with van der Waals surface area (Å²) < 4.78 is 24.7. The second kappa shape index (κ2) is 14.4. The minimum atomic E-state index is -1.38. The predicted octanol–water partition coefficient (Wildman–Crippen LogP) is 4.96. The summed E-state index contributed by atoms with van der Waals surface area (Å²) in [7, 11) is 3.40. The highest BCUT2D eigenvalue weighted by Gasteiger charge is 2.47. The Balaban J connectivity index is 2.52. The molecule has 0 spiro atoms. The van der Waals surface area contributed by atoms with Crippen LogP contribution in [0.15, 0.2) is 0 Å². The fourth-order valence-electron chi connectivity index (χ4n) is 7.50. The van der Waals surface area contributed by atoms with Crippen LogP contribution in [0.1, 0.15) is 101 Å². The molecule has 2 fully saturated rings. The van der Waals surface area contributed by atoms with E-state index in [0.717, 1.165) is 19.3 Å². The fraction of sp³-hybridized carbons (Fsp3) is 0.938. The molecule has 0 amide bonds. The molecule has 1 aliphatic carbocycles. The lowest BCUT2D eigenvalue weighted by molar-refractivity contribution is -0.189. The molecule has 8 heteroatoms. The molecule has 234 valence electrons. The van der Waals surface area contributed by atoms with Crippen LogP contribution in [0.25, 0.3) is 0 Å². The first-order valence-electron chi connectivity index (χ1n) is 15.4. The maximum atomic E-state index is 13.6.